The van der Waals surface area contributed by atoms with Crippen LogP contribution in [0, 0.1) is 13.8 Å². The van der Waals surface area contributed by atoms with Gasteiger partial charge in [-0.25, -0.2) is 0 Å². The van der Waals surface area contributed by atoms with E-state index in [-0.39, 0.29) is 0 Å². The van der Waals surface area contributed by atoms with E-state index in [9.17, 15) is 0 Å². The molecule has 1 heterocycles. The third kappa shape index (κ3) is 3.18. The van der Waals surface area contributed by atoms with Gasteiger partial charge in [0.15, 0.2) is 0 Å². The molecule has 0 aliphatic carbocycles. The van der Waals surface area contributed by atoms with Crippen molar-refractivity contribution in [2.24, 2.45) is 0 Å². The molecule has 90 valence electrons. The zero-order valence-electron chi connectivity index (χ0n) is 10.7. The second-order valence-corrected chi connectivity index (χ2v) is 5.54. The molecule has 0 saturated heterocycles. The highest BCUT2D eigenvalue weighted by molar-refractivity contribution is 7.10. The van der Waals surface area contributed by atoms with Crippen LogP contribution in [0.3, 0.4) is 0 Å². The minimum atomic E-state index is 0.400. The predicted molar refractivity (Wildman–Crippen MR) is 75.5 cm³/mol. The molecule has 0 bridgehead atoms. The van der Waals surface area contributed by atoms with Crippen LogP contribution < -0.4 is 5.32 Å². The molecular formula is C15H19NS. The van der Waals surface area contributed by atoms with Crippen LogP contribution in [0.1, 0.15) is 34.5 Å². The van der Waals surface area contributed by atoms with Gasteiger partial charge in [-0.05, 0) is 43.3 Å². The van der Waals surface area contributed by atoms with Crippen LogP contribution in [0.5, 0.6) is 0 Å². The summed E-state index contributed by atoms with van der Waals surface area (Å²) in [5.74, 6) is 0. The van der Waals surface area contributed by atoms with E-state index in [0.717, 1.165) is 6.54 Å². The van der Waals surface area contributed by atoms with Crippen LogP contribution in [-0.4, -0.2) is 0 Å². The average Bonchev–Trinajstić information content (AvgIpc) is 2.73. The molecule has 0 fully saturated rings. The lowest BCUT2D eigenvalue weighted by Crippen LogP contribution is -2.17. The van der Waals surface area contributed by atoms with Crippen molar-refractivity contribution in [2.75, 3.05) is 0 Å². The molecule has 0 aliphatic rings. The van der Waals surface area contributed by atoms with Gasteiger partial charge in [0.2, 0.25) is 0 Å². The molecule has 0 saturated carbocycles. The summed E-state index contributed by atoms with van der Waals surface area (Å²) in [4.78, 5) is 1.43. The summed E-state index contributed by atoms with van der Waals surface area (Å²) in [7, 11) is 0. The van der Waals surface area contributed by atoms with E-state index < -0.39 is 0 Å². The molecule has 1 nitrogen and oxygen atoms in total. The highest BCUT2D eigenvalue weighted by Gasteiger charge is 2.06. The normalized spacial score (nSPS) is 12.6. The Hall–Kier alpha value is -1.12. The molecule has 2 aromatic rings. The van der Waals surface area contributed by atoms with Crippen LogP contribution in [0.2, 0.25) is 0 Å². The van der Waals surface area contributed by atoms with E-state index in [2.05, 4.69) is 61.8 Å². The fraction of sp³-hybridized carbons (Fsp3) is 0.333. The zero-order chi connectivity index (χ0) is 12.3. The highest BCUT2D eigenvalue weighted by atomic mass is 32.1. The van der Waals surface area contributed by atoms with Gasteiger partial charge in [-0.1, -0.05) is 29.8 Å². The van der Waals surface area contributed by atoms with Gasteiger partial charge < -0.3 is 5.32 Å². The van der Waals surface area contributed by atoms with E-state index in [0.29, 0.717) is 6.04 Å². The van der Waals surface area contributed by atoms with Crippen molar-refractivity contribution < 1.29 is 0 Å². The largest absolute Gasteiger partial charge is 0.305 e. The van der Waals surface area contributed by atoms with E-state index in [1.165, 1.54) is 21.6 Å². The first-order valence-corrected chi connectivity index (χ1v) is 6.87. The fourth-order valence-electron chi connectivity index (χ4n) is 1.80. The standard InChI is InChI=1S/C15H19NS/c1-11-4-6-14(7-5-11)13(3)16-10-15-12(2)8-9-17-15/h4-9,13,16H,10H2,1-3H3/t13-/m0/s1. The number of benzene rings is 1. The maximum absolute atomic E-state index is 3.57. The Morgan fingerprint density at radius 3 is 2.41 bits per heavy atom. The van der Waals surface area contributed by atoms with Gasteiger partial charge in [-0.2, -0.15) is 0 Å². The SMILES string of the molecule is Cc1ccc([C@H](C)NCc2sccc2C)cc1. The Labute approximate surface area is 108 Å². The first-order valence-electron chi connectivity index (χ1n) is 6.00. The molecule has 0 amide bonds. The number of aryl methyl sites for hydroxylation is 2. The molecule has 0 spiro atoms. The quantitative estimate of drug-likeness (QED) is 0.850. The van der Waals surface area contributed by atoms with Crippen molar-refractivity contribution in [1.82, 2.24) is 5.32 Å². The van der Waals surface area contributed by atoms with Crippen molar-refractivity contribution >= 4 is 11.3 Å². The Morgan fingerprint density at radius 2 is 1.82 bits per heavy atom. The smallest absolute Gasteiger partial charge is 0.0308 e. The fourth-order valence-corrected chi connectivity index (χ4v) is 2.66. The summed E-state index contributed by atoms with van der Waals surface area (Å²) in [5.41, 5.74) is 4.05. The lowest BCUT2D eigenvalue weighted by molar-refractivity contribution is 0.578. The lowest BCUT2D eigenvalue weighted by atomic mass is 10.1. The van der Waals surface area contributed by atoms with Crippen LogP contribution in [0.4, 0.5) is 0 Å². The summed E-state index contributed by atoms with van der Waals surface area (Å²) in [6.45, 7) is 7.47. The molecule has 2 heteroatoms. The van der Waals surface area contributed by atoms with E-state index in [1.807, 2.05) is 11.3 Å². The van der Waals surface area contributed by atoms with Crippen LogP contribution >= 0.6 is 11.3 Å². The van der Waals surface area contributed by atoms with E-state index in [4.69, 9.17) is 0 Å². The molecule has 1 atom stereocenters. The second kappa shape index (κ2) is 5.48. The first kappa shape index (κ1) is 12.3. The number of hydrogen-bond donors (Lipinski definition) is 1. The van der Waals surface area contributed by atoms with Crippen molar-refractivity contribution in [1.29, 1.82) is 0 Å². The molecular weight excluding hydrogens is 226 g/mol. The summed E-state index contributed by atoms with van der Waals surface area (Å²) >= 11 is 1.83. The Kier molecular flexibility index (Phi) is 3.97. The van der Waals surface area contributed by atoms with Crippen LogP contribution in [0.15, 0.2) is 35.7 Å². The number of rotatable bonds is 4. The first-order chi connectivity index (χ1) is 8.16. The number of thiophene rings is 1. The molecule has 1 aromatic carbocycles. The summed E-state index contributed by atoms with van der Waals surface area (Å²) < 4.78 is 0. The minimum Gasteiger partial charge on any atom is -0.305 e. The predicted octanol–water partition coefficient (Wildman–Crippen LogP) is 4.22. The Morgan fingerprint density at radius 1 is 1.12 bits per heavy atom. The van der Waals surface area contributed by atoms with Gasteiger partial charge in [0.25, 0.3) is 0 Å². The summed E-state index contributed by atoms with van der Waals surface area (Å²) in [5, 5.41) is 5.73. The number of nitrogens with one attached hydrogen (secondary N) is 1. The third-order valence-electron chi connectivity index (χ3n) is 3.11. The number of hydrogen-bond acceptors (Lipinski definition) is 2. The van der Waals surface area contributed by atoms with Gasteiger partial charge in [-0.3, -0.25) is 0 Å². The van der Waals surface area contributed by atoms with Crippen molar-refractivity contribution in [3.63, 3.8) is 0 Å². The minimum absolute atomic E-state index is 0.400. The van der Waals surface area contributed by atoms with Gasteiger partial charge in [0.05, 0.1) is 0 Å². The zero-order valence-corrected chi connectivity index (χ0v) is 11.5. The van der Waals surface area contributed by atoms with Gasteiger partial charge in [0, 0.05) is 17.5 Å². The van der Waals surface area contributed by atoms with Crippen LogP contribution in [0.25, 0.3) is 0 Å². The maximum atomic E-state index is 3.57. The molecule has 1 aromatic heterocycles. The van der Waals surface area contributed by atoms with Crippen molar-refractivity contribution in [2.45, 2.75) is 33.4 Å². The molecule has 17 heavy (non-hydrogen) atoms. The summed E-state index contributed by atoms with van der Waals surface area (Å²) in [6, 6.07) is 11.3. The Balaban J connectivity index is 1.95. The average molecular weight is 245 g/mol. The van der Waals surface area contributed by atoms with Crippen molar-refractivity contribution in [3.05, 3.63) is 57.3 Å². The lowest BCUT2D eigenvalue weighted by Gasteiger charge is -2.14. The molecule has 0 aliphatic heterocycles. The van der Waals surface area contributed by atoms with Crippen LogP contribution in [-0.2, 0) is 6.54 Å². The maximum Gasteiger partial charge on any atom is 0.0308 e. The topological polar surface area (TPSA) is 12.0 Å². The molecule has 0 radical (unpaired) electrons. The van der Waals surface area contributed by atoms with Crippen molar-refractivity contribution in [3.8, 4) is 0 Å². The highest BCUT2D eigenvalue weighted by Crippen LogP contribution is 2.18. The monoisotopic (exact) mass is 245 g/mol. The van der Waals surface area contributed by atoms with E-state index >= 15 is 0 Å². The summed E-state index contributed by atoms with van der Waals surface area (Å²) in [6.07, 6.45) is 0. The second-order valence-electron chi connectivity index (χ2n) is 4.54. The van der Waals surface area contributed by atoms with Gasteiger partial charge in [0.1, 0.15) is 0 Å². The van der Waals surface area contributed by atoms with E-state index in [1.54, 1.807) is 0 Å². The van der Waals surface area contributed by atoms with Gasteiger partial charge >= 0.3 is 0 Å². The molecule has 0 unspecified atom stereocenters. The third-order valence-corrected chi connectivity index (χ3v) is 4.14. The Bertz CT molecular complexity index is 470. The molecule has 2 rings (SSSR count). The van der Waals surface area contributed by atoms with Gasteiger partial charge in [-0.15, -0.1) is 11.3 Å². The molecule has 1 N–H and O–H groups in total.